The van der Waals surface area contributed by atoms with Gasteiger partial charge in [-0.25, -0.2) is 0 Å². The lowest BCUT2D eigenvalue weighted by Crippen LogP contribution is -2.39. The van der Waals surface area contributed by atoms with Crippen molar-refractivity contribution in [3.05, 3.63) is 59.1 Å². The molecule has 3 atom stereocenters. The summed E-state index contributed by atoms with van der Waals surface area (Å²) in [6.45, 7) is 8.47. The predicted molar refractivity (Wildman–Crippen MR) is 120 cm³/mol. The Hall–Kier alpha value is -2.20. The van der Waals surface area contributed by atoms with Gasteiger partial charge in [-0.15, -0.1) is 0 Å². The molecule has 0 saturated carbocycles. The van der Waals surface area contributed by atoms with Crippen molar-refractivity contribution in [2.75, 3.05) is 18.0 Å². The molecule has 1 aliphatic heterocycles. The molecular formula is C24H31ClN2O2. The summed E-state index contributed by atoms with van der Waals surface area (Å²) in [6.07, 6.45) is 2.55. The molecule has 1 N–H and O–H groups in total. The second-order valence-corrected chi connectivity index (χ2v) is 8.37. The summed E-state index contributed by atoms with van der Waals surface area (Å²) in [5.41, 5.74) is 2.34. The van der Waals surface area contributed by atoms with Crippen molar-refractivity contribution in [3.8, 4) is 5.75 Å². The first-order valence-electron chi connectivity index (χ1n) is 10.5. The number of nitrogens with one attached hydrogen (secondary N) is 1. The zero-order chi connectivity index (χ0) is 20.8. The summed E-state index contributed by atoms with van der Waals surface area (Å²) < 4.78 is 5.85. The number of para-hydroxylation sites is 1. The van der Waals surface area contributed by atoms with Crippen molar-refractivity contribution in [1.29, 1.82) is 0 Å². The Labute approximate surface area is 179 Å². The molecule has 1 aliphatic rings. The van der Waals surface area contributed by atoms with E-state index in [1.54, 1.807) is 12.1 Å². The monoisotopic (exact) mass is 414 g/mol. The predicted octanol–water partition coefficient (Wildman–Crippen LogP) is 5.61. The van der Waals surface area contributed by atoms with Crippen molar-refractivity contribution in [2.45, 2.75) is 52.2 Å². The van der Waals surface area contributed by atoms with Gasteiger partial charge in [0.2, 0.25) is 0 Å². The third kappa shape index (κ3) is 5.66. The van der Waals surface area contributed by atoms with Crippen LogP contribution in [0, 0.1) is 5.92 Å². The lowest BCUT2D eigenvalue weighted by molar-refractivity contribution is -0.128. The lowest BCUT2D eigenvalue weighted by atomic mass is 9.99. The van der Waals surface area contributed by atoms with Crippen molar-refractivity contribution in [2.24, 2.45) is 5.92 Å². The van der Waals surface area contributed by atoms with E-state index in [1.165, 1.54) is 18.5 Å². The van der Waals surface area contributed by atoms with Crippen molar-refractivity contribution in [3.63, 3.8) is 0 Å². The SMILES string of the molecule is CCC(Oc1ccccc1Cl)C(=O)NC(C)c1ccc(N2CCCC(C)C2)cc1. The number of nitrogens with zero attached hydrogens (tertiary/aromatic N) is 1. The standard InChI is InChI=1S/C24H31ClN2O2/c1-4-22(29-23-10-6-5-9-21(23)25)24(28)26-18(3)19-11-13-20(14-12-19)27-15-7-8-17(2)16-27/h5-6,9-14,17-18,22H,4,7-8,15-16H2,1-3H3,(H,26,28). The maximum Gasteiger partial charge on any atom is 0.261 e. The first-order chi connectivity index (χ1) is 14.0. The number of piperidine rings is 1. The number of carbonyl (C=O) groups excluding carboxylic acids is 1. The molecule has 1 heterocycles. The summed E-state index contributed by atoms with van der Waals surface area (Å²) in [4.78, 5) is 15.2. The molecule has 0 radical (unpaired) electrons. The highest BCUT2D eigenvalue weighted by Crippen LogP contribution is 2.26. The fraction of sp³-hybridized carbons (Fsp3) is 0.458. The van der Waals surface area contributed by atoms with E-state index in [0.717, 1.165) is 24.6 Å². The van der Waals surface area contributed by atoms with Crippen molar-refractivity contribution < 1.29 is 9.53 Å². The molecule has 0 aromatic heterocycles. The minimum atomic E-state index is -0.577. The molecule has 0 spiro atoms. The Balaban J connectivity index is 1.60. The van der Waals surface area contributed by atoms with E-state index in [-0.39, 0.29) is 11.9 Å². The molecule has 2 aromatic carbocycles. The molecule has 0 aliphatic carbocycles. The van der Waals surface area contributed by atoms with Gasteiger partial charge in [-0.2, -0.15) is 0 Å². The minimum Gasteiger partial charge on any atom is -0.479 e. The minimum absolute atomic E-state index is 0.0966. The Morgan fingerprint density at radius 1 is 1.24 bits per heavy atom. The maximum absolute atomic E-state index is 12.7. The zero-order valence-corrected chi connectivity index (χ0v) is 18.3. The van der Waals surface area contributed by atoms with E-state index in [0.29, 0.717) is 17.2 Å². The van der Waals surface area contributed by atoms with E-state index >= 15 is 0 Å². The number of benzene rings is 2. The highest BCUT2D eigenvalue weighted by molar-refractivity contribution is 6.32. The molecule has 5 heteroatoms. The van der Waals surface area contributed by atoms with Crippen LogP contribution < -0.4 is 15.0 Å². The summed E-state index contributed by atoms with van der Waals surface area (Å²) >= 11 is 6.16. The first-order valence-corrected chi connectivity index (χ1v) is 10.9. The molecule has 1 fully saturated rings. The van der Waals surface area contributed by atoms with Gasteiger partial charge in [0.05, 0.1) is 11.1 Å². The highest BCUT2D eigenvalue weighted by atomic mass is 35.5. The third-order valence-corrected chi connectivity index (χ3v) is 5.86. The fourth-order valence-electron chi connectivity index (χ4n) is 3.80. The van der Waals surface area contributed by atoms with Crippen molar-refractivity contribution >= 4 is 23.2 Å². The zero-order valence-electron chi connectivity index (χ0n) is 17.5. The van der Waals surface area contributed by atoms with Crippen LogP contribution in [0.4, 0.5) is 5.69 Å². The normalized spacial score (nSPS) is 18.8. The molecule has 3 unspecified atom stereocenters. The number of hydrogen-bond acceptors (Lipinski definition) is 3. The van der Waals surface area contributed by atoms with Gasteiger partial charge >= 0.3 is 0 Å². The van der Waals surface area contributed by atoms with Gasteiger partial charge in [0.1, 0.15) is 5.75 Å². The molecule has 1 saturated heterocycles. The topological polar surface area (TPSA) is 41.6 Å². The van der Waals surface area contributed by atoms with Gasteiger partial charge in [0, 0.05) is 18.8 Å². The van der Waals surface area contributed by atoms with Crippen LogP contribution in [0.1, 0.15) is 51.6 Å². The summed E-state index contributed by atoms with van der Waals surface area (Å²) in [5.74, 6) is 1.14. The second-order valence-electron chi connectivity index (χ2n) is 7.96. The number of hydrogen-bond donors (Lipinski definition) is 1. The second kappa shape index (κ2) is 10.0. The Kier molecular flexibility index (Phi) is 7.43. The Morgan fingerprint density at radius 2 is 1.97 bits per heavy atom. The van der Waals surface area contributed by atoms with Gasteiger partial charge < -0.3 is 15.0 Å². The van der Waals surface area contributed by atoms with Gasteiger partial charge in [-0.3, -0.25) is 4.79 Å². The average molecular weight is 415 g/mol. The molecule has 4 nitrogen and oxygen atoms in total. The number of halogens is 1. The van der Waals surface area contributed by atoms with E-state index in [9.17, 15) is 4.79 Å². The van der Waals surface area contributed by atoms with Crippen LogP contribution in [0.2, 0.25) is 5.02 Å². The largest absolute Gasteiger partial charge is 0.479 e. The first kappa shape index (κ1) is 21.5. The molecule has 29 heavy (non-hydrogen) atoms. The molecule has 2 aromatic rings. The van der Waals surface area contributed by atoms with Crippen molar-refractivity contribution in [1.82, 2.24) is 5.32 Å². The molecule has 0 bridgehead atoms. The van der Waals surface area contributed by atoms with E-state index < -0.39 is 6.10 Å². The number of carbonyl (C=O) groups is 1. The quantitative estimate of drug-likeness (QED) is 0.640. The average Bonchev–Trinajstić information content (AvgIpc) is 2.73. The fourth-order valence-corrected chi connectivity index (χ4v) is 3.98. The number of anilines is 1. The van der Waals surface area contributed by atoms with E-state index in [1.807, 2.05) is 26.0 Å². The van der Waals surface area contributed by atoms with E-state index in [4.69, 9.17) is 16.3 Å². The Morgan fingerprint density at radius 3 is 2.62 bits per heavy atom. The van der Waals surface area contributed by atoms with Crippen LogP contribution in [-0.2, 0) is 4.79 Å². The van der Waals surface area contributed by atoms with Crippen LogP contribution in [0.15, 0.2) is 48.5 Å². The van der Waals surface area contributed by atoms with Gasteiger partial charge in [-0.1, -0.05) is 49.7 Å². The van der Waals surface area contributed by atoms with Crippen LogP contribution >= 0.6 is 11.6 Å². The number of rotatable bonds is 7. The van der Waals surface area contributed by atoms with Crippen LogP contribution in [0.25, 0.3) is 0 Å². The maximum atomic E-state index is 12.7. The molecular weight excluding hydrogens is 384 g/mol. The number of ether oxygens (including phenoxy) is 1. The molecule has 156 valence electrons. The van der Waals surface area contributed by atoms with Crippen LogP contribution in [0.3, 0.4) is 0 Å². The molecule has 3 rings (SSSR count). The smallest absolute Gasteiger partial charge is 0.261 e. The van der Waals surface area contributed by atoms with Crippen LogP contribution in [-0.4, -0.2) is 25.1 Å². The summed E-state index contributed by atoms with van der Waals surface area (Å²) in [5, 5.41) is 3.58. The van der Waals surface area contributed by atoms with Gasteiger partial charge in [0.15, 0.2) is 6.10 Å². The summed E-state index contributed by atoms with van der Waals surface area (Å²) in [6, 6.07) is 15.7. The Bertz CT molecular complexity index is 809. The van der Waals surface area contributed by atoms with Gasteiger partial charge in [0.25, 0.3) is 5.91 Å². The third-order valence-electron chi connectivity index (χ3n) is 5.54. The highest BCUT2D eigenvalue weighted by Gasteiger charge is 2.22. The number of amides is 1. The van der Waals surface area contributed by atoms with E-state index in [2.05, 4.69) is 41.4 Å². The lowest BCUT2D eigenvalue weighted by Gasteiger charge is -2.33. The molecule has 1 amide bonds. The van der Waals surface area contributed by atoms with Gasteiger partial charge in [-0.05, 0) is 61.9 Å². The summed E-state index contributed by atoms with van der Waals surface area (Å²) in [7, 11) is 0. The van der Waals surface area contributed by atoms with Crippen LogP contribution in [0.5, 0.6) is 5.75 Å².